The van der Waals surface area contributed by atoms with Crippen molar-refractivity contribution >= 4 is 29.3 Å². The zero-order chi connectivity index (χ0) is 12.0. The van der Waals surface area contributed by atoms with E-state index in [1.54, 1.807) is 18.7 Å². The largest absolute Gasteiger partial charge is 0.466 e. The maximum Gasteiger partial charge on any atom is 0.310 e. The van der Waals surface area contributed by atoms with Gasteiger partial charge in [0, 0.05) is 4.90 Å². The number of hydrogen-bond acceptors (Lipinski definition) is 3. The molecule has 0 fully saturated rings. The molecule has 0 atom stereocenters. The monoisotopic (exact) mass is 258 g/mol. The highest BCUT2D eigenvalue weighted by Crippen LogP contribution is 2.27. The molecule has 2 nitrogen and oxygen atoms in total. The molecular formula is C12H15ClO2S. The standard InChI is InChI=1S/C12H15ClO2S/c1-3-15-12(14)8-9-5-6-11(16-4-2)10(13)7-9/h5-7H,3-4,8H2,1-2H3. The van der Waals surface area contributed by atoms with Crippen LogP contribution in [0.25, 0.3) is 0 Å². The Kier molecular flexibility index (Phi) is 5.71. The van der Waals surface area contributed by atoms with Gasteiger partial charge in [-0.1, -0.05) is 24.6 Å². The van der Waals surface area contributed by atoms with Crippen LogP contribution >= 0.6 is 23.4 Å². The van der Waals surface area contributed by atoms with E-state index < -0.39 is 0 Å². The molecular weight excluding hydrogens is 244 g/mol. The molecule has 0 radical (unpaired) electrons. The van der Waals surface area contributed by atoms with Gasteiger partial charge in [-0.25, -0.2) is 0 Å². The highest BCUT2D eigenvalue weighted by Gasteiger charge is 2.06. The summed E-state index contributed by atoms with van der Waals surface area (Å²) in [5.41, 5.74) is 0.893. The van der Waals surface area contributed by atoms with Crippen LogP contribution in [0.15, 0.2) is 23.1 Å². The zero-order valence-electron chi connectivity index (χ0n) is 9.46. The lowest BCUT2D eigenvalue weighted by Crippen LogP contribution is -2.07. The molecule has 0 N–H and O–H groups in total. The van der Waals surface area contributed by atoms with Crippen LogP contribution in [-0.2, 0) is 16.0 Å². The second-order valence-electron chi connectivity index (χ2n) is 3.18. The fourth-order valence-electron chi connectivity index (χ4n) is 1.31. The van der Waals surface area contributed by atoms with Gasteiger partial charge >= 0.3 is 5.97 Å². The normalized spacial score (nSPS) is 10.2. The summed E-state index contributed by atoms with van der Waals surface area (Å²) in [4.78, 5) is 12.3. The molecule has 88 valence electrons. The minimum atomic E-state index is -0.213. The number of hydrogen-bond donors (Lipinski definition) is 0. The minimum absolute atomic E-state index is 0.213. The SMILES string of the molecule is CCOC(=O)Cc1ccc(SCC)c(Cl)c1. The number of halogens is 1. The summed E-state index contributed by atoms with van der Waals surface area (Å²) < 4.78 is 4.88. The number of esters is 1. The molecule has 1 rings (SSSR count). The zero-order valence-corrected chi connectivity index (χ0v) is 11.0. The van der Waals surface area contributed by atoms with Crippen molar-refractivity contribution < 1.29 is 9.53 Å². The summed E-state index contributed by atoms with van der Waals surface area (Å²) in [5, 5.41) is 0.702. The van der Waals surface area contributed by atoms with Crippen molar-refractivity contribution in [3.8, 4) is 0 Å². The highest BCUT2D eigenvalue weighted by molar-refractivity contribution is 7.99. The Labute approximate surface area is 105 Å². The average molecular weight is 259 g/mol. The molecule has 0 saturated heterocycles. The first-order chi connectivity index (χ1) is 7.67. The summed E-state index contributed by atoms with van der Waals surface area (Å²) >= 11 is 7.79. The van der Waals surface area contributed by atoms with E-state index in [9.17, 15) is 4.79 Å². The number of carbonyl (C=O) groups excluding carboxylic acids is 1. The predicted octanol–water partition coefficient (Wildman–Crippen LogP) is 3.56. The maximum atomic E-state index is 11.3. The van der Waals surface area contributed by atoms with Crippen molar-refractivity contribution in [2.75, 3.05) is 12.4 Å². The Morgan fingerprint density at radius 3 is 2.75 bits per heavy atom. The molecule has 1 aromatic rings. The molecule has 16 heavy (non-hydrogen) atoms. The molecule has 4 heteroatoms. The van der Waals surface area contributed by atoms with Crippen LogP contribution in [0.2, 0.25) is 5.02 Å². The van der Waals surface area contributed by atoms with E-state index >= 15 is 0 Å². The molecule has 0 unspecified atom stereocenters. The van der Waals surface area contributed by atoms with Gasteiger partial charge in [-0.15, -0.1) is 11.8 Å². The molecule has 0 saturated carbocycles. The second kappa shape index (κ2) is 6.81. The van der Waals surface area contributed by atoms with Crippen molar-refractivity contribution in [1.29, 1.82) is 0 Å². The number of ether oxygens (including phenoxy) is 1. The third-order valence-corrected chi connectivity index (χ3v) is 3.33. The van der Waals surface area contributed by atoms with Gasteiger partial charge in [0.25, 0.3) is 0 Å². The van der Waals surface area contributed by atoms with Gasteiger partial charge in [-0.2, -0.15) is 0 Å². The van der Waals surface area contributed by atoms with Crippen LogP contribution in [0, 0.1) is 0 Å². The van der Waals surface area contributed by atoms with E-state index in [2.05, 4.69) is 6.92 Å². The summed E-state index contributed by atoms with van der Waals surface area (Å²) in [6.07, 6.45) is 0.282. The fourth-order valence-corrected chi connectivity index (χ4v) is 2.34. The topological polar surface area (TPSA) is 26.3 Å². The second-order valence-corrected chi connectivity index (χ2v) is 4.89. The predicted molar refractivity (Wildman–Crippen MR) is 68.2 cm³/mol. The minimum Gasteiger partial charge on any atom is -0.466 e. The van der Waals surface area contributed by atoms with Crippen LogP contribution < -0.4 is 0 Å². The van der Waals surface area contributed by atoms with Gasteiger partial charge < -0.3 is 4.74 Å². The number of benzene rings is 1. The van der Waals surface area contributed by atoms with Crippen LogP contribution in [0.5, 0.6) is 0 Å². The molecule has 0 spiro atoms. The van der Waals surface area contributed by atoms with Gasteiger partial charge in [0.1, 0.15) is 0 Å². The van der Waals surface area contributed by atoms with Crippen LogP contribution in [0.3, 0.4) is 0 Å². The first-order valence-electron chi connectivity index (χ1n) is 5.24. The van der Waals surface area contributed by atoms with Crippen LogP contribution in [0.1, 0.15) is 19.4 Å². The Morgan fingerprint density at radius 2 is 2.19 bits per heavy atom. The number of thioether (sulfide) groups is 1. The van der Waals surface area contributed by atoms with E-state index in [4.69, 9.17) is 16.3 Å². The molecule has 1 aromatic carbocycles. The lowest BCUT2D eigenvalue weighted by molar-refractivity contribution is -0.142. The number of rotatable bonds is 5. The molecule has 0 aliphatic heterocycles. The molecule has 0 bridgehead atoms. The molecule has 0 aliphatic rings. The lowest BCUT2D eigenvalue weighted by Gasteiger charge is -2.05. The first kappa shape index (κ1) is 13.4. The smallest absolute Gasteiger partial charge is 0.310 e. The van der Waals surface area contributed by atoms with Crippen molar-refractivity contribution in [3.05, 3.63) is 28.8 Å². The molecule has 0 aliphatic carbocycles. The van der Waals surface area contributed by atoms with E-state index in [1.165, 1.54) is 0 Å². The highest BCUT2D eigenvalue weighted by atomic mass is 35.5. The third kappa shape index (κ3) is 4.06. The molecule has 0 amide bonds. The Hall–Kier alpha value is -0.670. The maximum absolute atomic E-state index is 11.3. The summed E-state index contributed by atoms with van der Waals surface area (Å²) in [5.74, 6) is 0.770. The first-order valence-corrected chi connectivity index (χ1v) is 6.60. The summed E-state index contributed by atoms with van der Waals surface area (Å²) in [7, 11) is 0. The van der Waals surface area contributed by atoms with E-state index in [-0.39, 0.29) is 12.4 Å². The van der Waals surface area contributed by atoms with Crippen molar-refractivity contribution in [2.45, 2.75) is 25.2 Å². The van der Waals surface area contributed by atoms with Gasteiger partial charge in [0.15, 0.2) is 0 Å². The molecule has 0 heterocycles. The Balaban J connectivity index is 2.69. The van der Waals surface area contributed by atoms with Crippen molar-refractivity contribution in [3.63, 3.8) is 0 Å². The van der Waals surface area contributed by atoms with Gasteiger partial charge in [0.05, 0.1) is 18.1 Å². The van der Waals surface area contributed by atoms with E-state index in [0.29, 0.717) is 11.6 Å². The summed E-state index contributed by atoms with van der Waals surface area (Å²) in [6, 6.07) is 5.70. The number of carbonyl (C=O) groups is 1. The quantitative estimate of drug-likeness (QED) is 0.597. The average Bonchev–Trinajstić information content (AvgIpc) is 2.22. The van der Waals surface area contributed by atoms with Crippen molar-refractivity contribution in [1.82, 2.24) is 0 Å². The van der Waals surface area contributed by atoms with Gasteiger partial charge in [-0.3, -0.25) is 4.79 Å². The Bertz CT molecular complexity index is 366. The van der Waals surface area contributed by atoms with E-state index in [0.717, 1.165) is 16.2 Å². The fraction of sp³-hybridized carbons (Fsp3) is 0.417. The van der Waals surface area contributed by atoms with Crippen molar-refractivity contribution in [2.24, 2.45) is 0 Å². The Morgan fingerprint density at radius 1 is 1.44 bits per heavy atom. The van der Waals surface area contributed by atoms with Gasteiger partial charge in [-0.05, 0) is 30.4 Å². The molecule has 0 aromatic heterocycles. The van der Waals surface area contributed by atoms with Crippen LogP contribution in [0.4, 0.5) is 0 Å². The van der Waals surface area contributed by atoms with Crippen LogP contribution in [-0.4, -0.2) is 18.3 Å². The van der Waals surface area contributed by atoms with Gasteiger partial charge in [0.2, 0.25) is 0 Å². The lowest BCUT2D eigenvalue weighted by atomic mass is 10.1. The third-order valence-electron chi connectivity index (χ3n) is 1.95. The van der Waals surface area contributed by atoms with E-state index in [1.807, 2.05) is 18.2 Å². The summed E-state index contributed by atoms with van der Waals surface area (Å²) in [6.45, 7) is 4.29.